The highest BCUT2D eigenvalue weighted by atomic mass is 19.4. The lowest BCUT2D eigenvalue weighted by Gasteiger charge is -2.18. The van der Waals surface area contributed by atoms with Crippen LogP contribution in [0.15, 0.2) is 30.5 Å². The molecule has 2 aromatic rings. The number of halogens is 4. The molecular weight excluding hydrogens is 420 g/mol. The number of carbonyl (C=O) groups is 2. The van der Waals surface area contributed by atoms with Crippen molar-refractivity contribution in [3.63, 3.8) is 0 Å². The molecule has 1 aromatic carbocycles. The molecular formula is C21H18F4N2O4. The zero-order chi connectivity index (χ0) is 22.2. The molecule has 164 valence electrons. The zero-order valence-corrected chi connectivity index (χ0v) is 16.2. The number of hydrogen-bond acceptors (Lipinski definition) is 5. The SMILES string of the molecule is O=C1CCc2c(F)cc(N3CCC(Oc4ccc(OCCC(F)(F)F)nc4)C3=O)cc21. The second-order valence-corrected chi connectivity index (χ2v) is 7.31. The molecule has 0 N–H and O–H groups in total. The van der Waals surface area contributed by atoms with E-state index in [2.05, 4.69) is 4.98 Å². The number of carbonyl (C=O) groups excluding carboxylic acids is 2. The number of hydrogen-bond donors (Lipinski definition) is 0. The number of anilines is 1. The minimum atomic E-state index is -4.31. The van der Waals surface area contributed by atoms with E-state index in [9.17, 15) is 27.2 Å². The van der Waals surface area contributed by atoms with E-state index in [4.69, 9.17) is 9.47 Å². The summed E-state index contributed by atoms with van der Waals surface area (Å²) in [5.41, 5.74) is 1.02. The Hall–Kier alpha value is -3.17. The number of benzene rings is 1. The highest BCUT2D eigenvalue weighted by Crippen LogP contribution is 2.32. The van der Waals surface area contributed by atoms with Gasteiger partial charge in [-0.2, -0.15) is 13.2 Å². The summed E-state index contributed by atoms with van der Waals surface area (Å²) in [5.74, 6) is -0.761. The number of pyridine rings is 1. The monoisotopic (exact) mass is 438 g/mol. The molecule has 1 unspecified atom stereocenters. The summed E-state index contributed by atoms with van der Waals surface area (Å²) in [4.78, 5) is 29.9. The van der Waals surface area contributed by atoms with Crippen LogP contribution in [0.4, 0.5) is 23.2 Å². The van der Waals surface area contributed by atoms with Gasteiger partial charge in [0, 0.05) is 36.7 Å². The lowest BCUT2D eigenvalue weighted by atomic mass is 10.1. The van der Waals surface area contributed by atoms with Gasteiger partial charge in [-0.3, -0.25) is 9.59 Å². The van der Waals surface area contributed by atoms with Crippen LogP contribution in [-0.4, -0.2) is 42.1 Å². The van der Waals surface area contributed by atoms with Crippen molar-refractivity contribution in [1.82, 2.24) is 4.98 Å². The first-order chi connectivity index (χ1) is 14.7. The van der Waals surface area contributed by atoms with Crippen molar-refractivity contribution >= 4 is 17.4 Å². The predicted molar refractivity (Wildman–Crippen MR) is 101 cm³/mol. The Balaban J connectivity index is 1.38. The van der Waals surface area contributed by atoms with E-state index in [1.807, 2.05) is 0 Å². The van der Waals surface area contributed by atoms with E-state index in [-0.39, 0.29) is 29.7 Å². The van der Waals surface area contributed by atoms with E-state index >= 15 is 0 Å². The normalized spacial score (nSPS) is 18.5. The second kappa shape index (κ2) is 8.16. The molecule has 0 radical (unpaired) electrons. The first-order valence-corrected chi connectivity index (χ1v) is 9.70. The molecule has 1 aliphatic heterocycles. The minimum absolute atomic E-state index is 0.00857. The molecule has 1 aliphatic carbocycles. The Morgan fingerprint density at radius 3 is 2.68 bits per heavy atom. The van der Waals surface area contributed by atoms with Crippen LogP contribution >= 0.6 is 0 Å². The summed E-state index contributed by atoms with van der Waals surface area (Å²) in [6.45, 7) is -0.255. The third kappa shape index (κ3) is 4.62. The fraction of sp³-hybridized carbons (Fsp3) is 0.381. The van der Waals surface area contributed by atoms with Gasteiger partial charge in [-0.1, -0.05) is 0 Å². The first-order valence-electron chi connectivity index (χ1n) is 9.70. The van der Waals surface area contributed by atoms with Gasteiger partial charge in [-0.25, -0.2) is 9.37 Å². The van der Waals surface area contributed by atoms with E-state index in [1.165, 1.54) is 29.3 Å². The summed E-state index contributed by atoms with van der Waals surface area (Å²) in [5, 5.41) is 0. The van der Waals surface area contributed by atoms with Crippen molar-refractivity contribution in [2.45, 2.75) is 38.0 Å². The summed E-state index contributed by atoms with van der Waals surface area (Å²) in [6.07, 6.45) is -4.00. The van der Waals surface area contributed by atoms with Crippen molar-refractivity contribution in [3.8, 4) is 11.6 Å². The molecule has 2 heterocycles. The summed E-state index contributed by atoms with van der Waals surface area (Å²) in [7, 11) is 0. The van der Waals surface area contributed by atoms with E-state index in [0.29, 0.717) is 36.2 Å². The van der Waals surface area contributed by atoms with Crippen molar-refractivity contribution in [1.29, 1.82) is 0 Å². The zero-order valence-electron chi connectivity index (χ0n) is 16.2. The van der Waals surface area contributed by atoms with Gasteiger partial charge in [0.25, 0.3) is 5.91 Å². The standard InChI is InChI=1S/C21H18F4N2O4/c22-16-10-12(9-15-14(16)2-3-17(15)28)27-7-5-18(20(27)29)31-13-1-4-19(26-11-13)30-8-6-21(23,24)25/h1,4,9-11,18H,2-3,5-8H2. The molecule has 6 nitrogen and oxygen atoms in total. The van der Waals surface area contributed by atoms with Crippen LogP contribution in [0.3, 0.4) is 0 Å². The third-order valence-corrected chi connectivity index (χ3v) is 5.17. The van der Waals surface area contributed by atoms with Crippen LogP contribution in [0.25, 0.3) is 0 Å². The average Bonchev–Trinajstić information content (AvgIpc) is 3.26. The van der Waals surface area contributed by atoms with Crippen molar-refractivity contribution in [3.05, 3.63) is 47.4 Å². The highest BCUT2D eigenvalue weighted by molar-refractivity contribution is 6.04. The molecule has 1 saturated heterocycles. The van der Waals surface area contributed by atoms with Gasteiger partial charge >= 0.3 is 6.18 Å². The number of ketones is 1. The Bertz CT molecular complexity index is 1010. The smallest absolute Gasteiger partial charge is 0.392 e. The van der Waals surface area contributed by atoms with Crippen LogP contribution < -0.4 is 14.4 Å². The van der Waals surface area contributed by atoms with Crippen molar-refractivity contribution < 1.29 is 36.6 Å². The number of alkyl halides is 3. The van der Waals surface area contributed by atoms with E-state index < -0.39 is 31.1 Å². The molecule has 1 aromatic heterocycles. The largest absolute Gasteiger partial charge is 0.479 e. The Morgan fingerprint density at radius 1 is 1.16 bits per heavy atom. The molecule has 31 heavy (non-hydrogen) atoms. The molecule has 1 amide bonds. The molecule has 10 heteroatoms. The maximum atomic E-state index is 14.3. The first kappa shape index (κ1) is 21.1. The van der Waals surface area contributed by atoms with E-state index in [0.717, 1.165) is 0 Å². The molecule has 1 fully saturated rings. The maximum absolute atomic E-state index is 14.3. The topological polar surface area (TPSA) is 68.7 Å². The Labute approximate surface area is 174 Å². The van der Waals surface area contributed by atoms with Gasteiger partial charge in [-0.05, 0) is 30.2 Å². The maximum Gasteiger partial charge on any atom is 0.392 e. The number of fused-ring (bicyclic) bond motifs is 1. The fourth-order valence-corrected chi connectivity index (χ4v) is 3.63. The second-order valence-electron chi connectivity index (χ2n) is 7.31. The molecule has 0 bridgehead atoms. The van der Waals surface area contributed by atoms with Crippen molar-refractivity contribution in [2.75, 3.05) is 18.1 Å². The number of Topliss-reactive ketones (excluding diaryl/α,β-unsaturated/α-hetero) is 1. The minimum Gasteiger partial charge on any atom is -0.479 e. The Kier molecular flexibility index (Phi) is 5.55. The molecule has 2 aliphatic rings. The number of ether oxygens (including phenoxy) is 2. The fourth-order valence-electron chi connectivity index (χ4n) is 3.63. The quantitative estimate of drug-likeness (QED) is 0.641. The number of rotatable bonds is 6. The average molecular weight is 438 g/mol. The predicted octanol–water partition coefficient (Wildman–Crippen LogP) is 3.87. The van der Waals surface area contributed by atoms with Gasteiger partial charge in [0.05, 0.1) is 19.2 Å². The van der Waals surface area contributed by atoms with E-state index in [1.54, 1.807) is 6.07 Å². The third-order valence-electron chi connectivity index (χ3n) is 5.17. The number of nitrogens with zero attached hydrogens (tertiary/aromatic N) is 2. The van der Waals surface area contributed by atoms with Crippen LogP contribution in [0.2, 0.25) is 0 Å². The van der Waals surface area contributed by atoms with Gasteiger partial charge in [0.2, 0.25) is 5.88 Å². The van der Waals surface area contributed by atoms with Crippen molar-refractivity contribution in [2.24, 2.45) is 0 Å². The van der Waals surface area contributed by atoms with Gasteiger partial charge < -0.3 is 14.4 Å². The van der Waals surface area contributed by atoms with Crippen LogP contribution in [0.5, 0.6) is 11.6 Å². The number of aromatic nitrogens is 1. The van der Waals surface area contributed by atoms with Crippen LogP contribution in [-0.2, 0) is 11.2 Å². The lowest BCUT2D eigenvalue weighted by molar-refractivity contribution is -0.139. The molecule has 4 rings (SSSR count). The summed E-state index contributed by atoms with van der Waals surface area (Å²) in [6, 6.07) is 5.60. The van der Waals surface area contributed by atoms with Crippen LogP contribution in [0.1, 0.15) is 35.2 Å². The molecule has 1 atom stereocenters. The van der Waals surface area contributed by atoms with Gasteiger partial charge in [0.1, 0.15) is 11.6 Å². The highest BCUT2D eigenvalue weighted by Gasteiger charge is 2.36. The summed E-state index contributed by atoms with van der Waals surface area (Å²) >= 11 is 0. The Morgan fingerprint density at radius 2 is 1.97 bits per heavy atom. The van der Waals surface area contributed by atoms with Gasteiger partial charge in [0.15, 0.2) is 11.9 Å². The van der Waals surface area contributed by atoms with Gasteiger partial charge in [-0.15, -0.1) is 0 Å². The molecule has 0 spiro atoms. The number of amides is 1. The summed E-state index contributed by atoms with van der Waals surface area (Å²) < 4.78 is 61.4. The lowest BCUT2D eigenvalue weighted by Crippen LogP contribution is -2.32. The molecule has 0 saturated carbocycles. The van der Waals surface area contributed by atoms with Crippen LogP contribution in [0, 0.1) is 5.82 Å².